The van der Waals surface area contributed by atoms with Crippen molar-refractivity contribution in [1.29, 1.82) is 0 Å². The van der Waals surface area contributed by atoms with Gasteiger partial charge in [-0.1, -0.05) is 6.92 Å². The van der Waals surface area contributed by atoms with E-state index in [0.717, 1.165) is 39.0 Å². The Bertz CT molecular complexity index is 238. The zero-order valence-electron chi connectivity index (χ0n) is 10.2. The molecule has 2 fully saturated rings. The number of rotatable bonds is 3. The molecule has 2 saturated heterocycles. The second-order valence-electron chi connectivity index (χ2n) is 4.83. The van der Waals surface area contributed by atoms with E-state index in [9.17, 15) is 4.79 Å². The molecule has 4 heteroatoms. The molecule has 4 nitrogen and oxygen atoms in total. The Kier molecular flexibility index (Phi) is 4.18. The van der Waals surface area contributed by atoms with Crippen LogP contribution in [-0.2, 0) is 4.79 Å². The molecule has 0 aromatic rings. The quantitative estimate of drug-likeness (QED) is 0.728. The molecule has 92 valence electrons. The summed E-state index contributed by atoms with van der Waals surface area (Å²) < 4.78 is 0. The topological polar surface area (TPSA) is 44.4 Å². The highest BCUT2D eigenvalue weighted by Gasteiger charge is 2.29. The molecule has 0 radical (unpaired) electrons. The van der Waals surface area contributed by atoms with E-state index in [0.29, 0.717) is 18.5 Å². The molecule has 0 aromatic heterocycles. The average Bonchev–Trinajstić information content (AvgIpc) is 2.70. The van der Waals surface area contributed by atoms with Crippen molar-refractivity contribution in [3.05, 3.63) is 0 Å². The third-order valence-corrected chi connectivity index (χ3v) is 3.79. The van der Waals surface area contributed by atoms with Crippen LogP contribution >= 0.6 is 0 Å². The molecule has 2 aliphatic heterocycles. The lowest BCUT2D eigenvalue weighted by molar-refractivity contribution is -0.121. The zero-order chi connectivity index (χ0) is 11.4. The molecule has 1 amide bonds. The third-order valence-electron chi connectivity index (χ3n) is 3.79. The molecule has 2 unspecified atom stereocenters. The summed E-state index contributed by atoms with van der Waals surface area (Å²) in [4.78, 5) is 14.1. The van der Waals surface area contributed by atoms with Gasteiger partial charge in [0.15, 0.2) is 0 Å². The van der Waals surface area contributed by atoms with Gasteiger partial charge in [0.25, 0.3) is 0 Å². The van der Waals surface area contributed by atoms with E-state index in [2.05, 4.69) is 22.5 Å². The fourth-order valence-corrected chi connectivity index (χ4v) is 2.97. The fraction of sp³-hybridized carbons (Fsp3) is 0.917. The van der Waals surface area contributed by atoms with Crippen molar-refractivity contribution >= 4 is 5.91 Å². The summed E-state index contributed by atoms with van der Waals surface area (Å²) in [6.45, 7) is 6.34. The van der Waals surface area contributed by atoms with Gasteiger partial charge in [0.2, 0.25) is 5.91 Å². The highest BCUT2D eigenvalue weighted by atomic mass is 16.1. The number of carbonyl (C=O) groups is 1. The molecule has 2 N–H and O–H groups in total. The van der Waals surface area contributed by atoms with Crippen LogP contribution in [0.3, 0.4) is 0 Å². The second kappa shape index (κ2) is 5.64. The van der Waals surface area contributed by atoms with Crippen molar-refractivity contribution in [3.63, 3.8) is 0 Å². The SMILES string of the molecule is CCN(C1CCNC1)C1CCCNC(=O)C1. The summed E-state index contributed by atoms with van der Waals surface area (Å²) in [6, 6.07) is 1.10. The first-order valence-corrected chi connectivity index (χ1v) is 6.54. The minimum Gasteiger partial charge on any atom is -0.356 e. The predicted molar refractivity (Wildman–Crippen MR) is 64.3 cm³/mol. The molecular weight excluding hydrogens is 202 g/mol. The molecule has 0 aliphatic carbocycles. The van der Waals surface area contributed by atoms with Crippen LogP contribution in [0.5, 0.6) is 0 Å². The third kappa shape index (κ3) is 2.74. The number of carbonyl (C=O) groups excluding carboxylic acids is 1. The Morgan fingerprint density at radius 2 is 2.19 bits per heavy atom. The van der Waals surface area contributed by atoms with Crippen molar-refractivity contribution in [2.24, 2.45) is 0 Å². The van der Waals surface area contributed by atoms with Crippen molar-refractivity contribution in [1.82, 2.24) is 15.5 Å². The van der Waals surface area contributed by atoms with Gasteiger partial charge in [-0.25, -0.2) is 0 Å². The lowest BCUT2D eigenvalue weighted by Gasteiger charge is -2.34. The largest absolute Gasteiger partial charge is 0.356 e. The van der Waals surface area contributed by atoms with Crippen LogP contribution in [0.4, 0.5) is 0 Å². The normalized spacial score (nSPS) is 31.5. The van der Waals surface area contributed by atoms with Crippen LogP contribution < -0.4 is 10.6 Å². The summed E-state index contributed by atoms with van der Waals surface area (Å²) >= 11 is 0. The molecule has 2 rings (SSSR count). The lowest BCUT2D eigenvalue weighted by Crippen LogP contribution is -2.45. The molecule has 0 spiro atoms. The highest BCUT2D eigenvalue weighted by molar-refractivity contribution is 5.76. The monoisotopic (exact) mass is 225 g/mol. The summed E-state index contributed by atoms with van der Waals surface area (Å²) in [6.07, 6.45) is 4.19. The summed E-state index contributed by atoms with van der Waals surface area (Å²) in [5.41, 5.74) is 0. The molecule has 0 aromatic carbocycles. The number of likely N-dealkylation sites (N-methyl/N-ethyl adjacent to an activating group) is 1. The maximum Gasteiger partial charge on any atom is 0.221 e. The Hall–Kier alpha value is -0.610. The zero-order valence-corrected chi connectivity index (χ0v) is 10.2. The minimum absolute atomic E-state index is 0.229. The first-order chi connectivity index (χ1) is 7.81. The first kappa shape index (κ1) is 11.9. The molecule has 0 bridgehead atoms. The smallest absolute Gasteiger partial charge is 0.221 e. The average molecular weight is 225 g/mol. The van der Waals surface area contributed by atoms with Crippen molar-refractivity contribution in [2.45, 2.75) is 44.7 Å². The van der Waals surface area contributed by atoms with Crippen LogP contribution in [0, 0.1) is 0 Å². The molecule has 2 aliphatic rings. The van der Waals surface area contributed by atoms with Crippen molar-refractivity contribution in [2.75, 3.05) is 26.2 Å². The number of nitrogens with zero attached hydrogens (tertiary/aromatic N) is 1. The summed E-state index contributed by atoms with van der Waals surface area (Å²) in [7, 11) is 0. The van der Waals surface area contributed by atoms with Gasteiger partial charge in [0.05, 0.1) is 0 Å². The Labute approximate surface area is 97.8 Å². The summed E-state index contributed by atoms with van der Waals surface area (Å²) in [5.74, 6) is 0.229. The highest BCUT2D eigenvalue weighted by Crippen LogP contribution is 2.19. The van der Waals surface area contributed by atoms with Gasteiger partial charge in [-0.3, -0.25) is 9.69 Å². The lowest BCUT2D eigenvalue weighted by atomic mass is 10.0. The van der Waals surface area contributed by atoms with Crippen LogP contribution in [0.1, 0.15) is 32.6 Å². The molecule has 2 heterocycles. The van der Waals surface area contributed by atoms with Gasteiger partial charge in [-0.15, -0.1) is 0 Å². The van der Waals surface area contributed by atoms with Gasteiger partial charge < -0.3 is 10.6 Å². The maximum absolute atomic E-state index is 11.6. The van der Waals surface area contributed by atoms with Gasteiger partial charge in [-0.05, 0) is 32.4 Å². The van der Waals surface area contributed by atoms with Gasteiger partial charge >= 0.3 is 0 Å². The van der Waals surface area contributed by atoms with E-state index in [-0.39, 0.29) is 5.91 Å². The Morgan fingerprint density at radius 3 is 2.88 bits per heavy atom. The number of hydrogen-bond acceptors (Lipinski definition) is 3. The Morgan fingerprint density at radius 1 is 1.31 bits per heavy atom. The van der Waals surface area contributed by atoms with Crippen molar-refractivity contribution in [3.8, 4) is 0 Å². The fourth-order valence-electron chi connectivity index (χ4n) is 2.97. The van der Waals surface area contributed by atoms with E-state index in [1.165, 1.54) is 6.42 Å². The molecule has 0 saturated carbocycles. The van der Waals surface area contributed by atoms with Crippen LogP contribution in [0.15, 0.2) is 0 Å². The minimum atomic E-state index is 0.229. The Balaban J connectivity index is 1.97. The first-order valence-electron chi connectivity index (χ1n) is 6.54. The van der Waals surface area contributed by atoms with E-state index in [1.54, 1.807) is 0 Å². The molecular formula is C12H23N3O. The van der Waals surface area contributed by atoms with E-state index in [1.807, 2.05) is 0 Å². The van der Waals surface area contributed by atoms with Crippen LogP contribution in [-0.4, -0.2) is 49.1 Å². The van der Waals surface area contributed by atoms with E-state index < -0.39 is 0 Å². The van der Waals surface area contributed by atoms with E-state index in [4.69, 9.17) is 0 Å². The molecule has 16 heavy (non-hydrogen) atoms. The van der Waals surface area contributed by atoms with Crippen LogP contribution in [0.25, 0.3) is 0 Å². The second-order valence-corrected chi connectivity index (χ2v) is 4.83. The van der Waals surface area contributed by atoms with Crippen LogP contribution in [0.2, 0.25) is 0 Å². The standard InChI is InChI=1S/C12H23N3O/c1-2-15(11-5-7-13-9-11)10-4-3-6-14-12(16)8-10/h10-11,13H,2-9H2,1H3,(H,14,16). The molecule has 2 atom stereocenters. The van der Waals surface area contributed by atoms with Gasteiger partial charge in [-0.2, -0.15) is 0 Å². The van der Waals surface area contributed by atoms with Gasteiger partial charge in [0.1, 0.15) is 0 Å². The number of hydrogen-bond donors (Lipinski definition) is 2. The van der Waals surface area contributed by atoms with E-state index >= 15 is 0 Å². The maximum atomic E-state index is 11.6. The van der Waals surface area contributed by atoms with Crippen molar-refractivity contribution < 1.29 is 4.79 Å². The number of nitrogens with one attached hydrogen (secondary N) is 2. The predicted octanol–water partition coefficient (Wildman–Crippen LogP) is 0.339. The summed E-state index contributed by atoms with van der Waals surface area (Å²) in [5, 5.41) is 6.37. The number of amides is 1. The van der Waals surface area contributed by atoms with Gasteiger partial charge in [0, 0.05) is 31.6 Å².